The predicted octanol–water partition coefficient (Wildman–Crippen LogP) is 2.76. The molecule has 0 saturated carbocycles. The highest BCUT2D eigenvalue weighted by molar-refractivity contribution is 5.91. The lowest BCUT2D eigenvalue weighted by atomic mass is 9.84. The molecule has 0 bridgehead atoms. The molecule has 8 nitrogen and oxygen atoms in total. The zero-order valence-corrected chi connectivity index (χ0v) is 17.3. The van der Waals surface area contributed by atoms with E-state index in [2.05, 4.69) is 29.9 Å². The number of amides is 1. The number of nitrogens with one attached hydrogen (secondary N) is 1. The number of ether oxygens (including phenoxy) is 3. The van der Waals surface area contributed by atoms with Gasteiger partial charge in [-0.15, -0.1) is 0 Å². The van der Waals surface area contributed by atoms with Crippen LogP contribution < -0.4 is 5.32 Å². The van der Waals surface area contributed by atoms with Crippen LogP contribution in [-0.4, -0.2) is 52.6 Å². The molecule has 8 heteroatoms. The highest BCUT2D eigenvalue weighted by atomic mass is 16.6. The quantitative estimate of drug-likeness (QED) is 0.252. The van der Waals surface area contributed by atoms with Crippen molar-refractivity contribution in [3.05, 3.63) is 42.5 Å². The van der Waals surface area contributed by atoms with Crippen LogP contribution in [0.2, 0.25) is 0 Å². The highest BCUT2D eigenvalue weighted by Gasteiger charge is 2.61. The number of nitrogens with zero attached hydrogens (tertiary/aromatic N) is 2. The number of allylic oxidation sites excluding steroid dienone is 1. The Labute approximate surface area is 176 Å². The average molecular weight is 415 g/mol. The number of esters is 1. The minimum absolute atomic E-state index is 0.0509. The minimum atomic E-state index is -0.419. The third kappa shape index (κ3) is 4.59. The molecule has 0 radical (unpaired) electrons. The van der Waals surface area contributed by atoms with Crippen molar-refractivity contribution in [2.75, 3.05) is 13.2 Å². The Hall–Kier alpha value is -2.61. The Morgan fingerprint density at radius 2 is 2.37 bits per heavy atom. The molecule has 0 spiro atoms. The number of fused-ring (bicyclic) bond motifs is 3. The van der Waals surface area contributed by atoms with E-state index >= 15 is 0 Å². The summed E-state index contributed by atoms with van der Waals surface area (Å²) in [7, 11) is 0. The van der Waals surface area contributed by atoms with Crippen LogP contribution in [0.15, 0.2) is 42.5 Å². The number of aryl methyl sites for hydroxylation is 1. The Balaban J connectivity index is 1.26. The van der Waals surface area contributed by atoms with Gasteiger partial charge in [-0.1, -0.05) is 12.7 Å². The fourth-order valence-corrected chi connectivity index (χ4v) is 4.33. The first kappa shape index (κ1) is 20.7. The Morgan fingerprint density at radius 3 is 3.17 bits per heavy atom. The molecular formula is C22H29N3O5. The van der Waals surface area contributed by atoms with E-state index < -0.39 is 6.09 Å². The first-order valence-corrected chi connectivity index (χ1v) is 10.6. The summed E-state index contributed by atoms with van der Waals surface area (Å²) in [6.07, 6.45) is 10.7. The van der Waals surface area contributed by atoms with Crippen LogP contribution in [0.25, 0.3) is 0 Å². The van der Waals surface area contributed by atoms with E-state index in [1.54, 1.807) is 12.5 Å². The number of alkyl carbamates (subject to hydrolysis) is 1. The van der Waals surface area contributed by atoms with E-state index in [9.17, 15) is 9.59 Å². The Kier molecular flexibility index (Phi) is 5.94. The molecule has 3 heterocycles. The molecule has 30 heavy (non-hydrogen) atoms. The van der Waals surface area contributed by atoms with Crippen LogP contribution in [0, 0.1) is 5.92 Å². The number of carbonyl (C=O) groups is 2. The number of carbonyl (C=O) groups excluding carboxylic acids is 2. The second-order valence-electron chi connectivity index (χ2n) is 8.45. The Morgan fingerprint density at radius 1 is 1.50 bits per heavy atom. The first-order chi connectivity index (χ1) is 14.5. The molecule has 4 atom stereocenters. The Bertz CT molecular complexity index is 834. The molecule has 0 unspecified atom stereocenters. The molecule has 1 aromatic rings. The van der Waals surface area contributed by atoms with Gasteiger partial charge in [0.1, 0.15) is 18.8 Å². The van der Waals surface area contributed by atoms with Crippen LogP contribution >= 0.6 is 0 Å². The van der Waals surface area contributed by atoms with Gasteiger partial charge < -0.3 is 24.1 Å². The average Bonchev–Trinajstić information content (AvgIpc) is 3.03. The van der Waals surface area contributed by atoms with Gasteiger partial charge in [-0.05, 0) is 44.6 Å². The zero-order chi connectivity index (χ0) is 21.1. The minimum Gasteiger partial charge on any atom is -0.455 e. The van der Waals surface area contributed by atoms with Crippen molar-refractivity contribution in [3.8, 4) is 0 Å². The molecule has 4 rings (SSSR count). The lowest BCUT2D eigenvalue weighted by Gasteiger charge is -2.20. The van der Waals surface area contributed by atoms with E-state index in [0.717, 1.165) is 44.2 Å². The van der Waals surface area contributed by atoms with Crippen molar-refractivity contribution in [2.24, 2.45) is 5.92 Å². The fourth-order valence-electron chi connectivity index (χ4n) is 4.33. The number of imidazole rings is 1. The van der Waals surface area contributed by atoms with Gasteiger partial charge in [-0.25, -0.2) is 14.6 Å². The van der Waals surface area contributed by atoms with Crippen LogP contribution in [0.1, 0.15) is 39.0 Å². The molecule has 162 valence electrons. The second-order valence-corrected chi connectivity index (χ2v) is 8.45. The van der Waals surface area contributed by atoms with E-state index in [1.807, 2.05) is 10.8 Å². The summed E-state index contributed by atoms with van der Waals surface area (Å²) < 4.78 is 18.9. The maximum absolute atomic E-state index is 12.0. The molecule has 2 fully saturated rings. The summed E-state index contributed by atoms with van der Waals surface area (Å²) in [5, 5.41) is 2.78. The van der Waals surface area contributed by atoms with Gasteiger partial charge in [0.15, 0.2) is 0 Å². The topological polar surface area (TPSA) is 95.0 Å². The highest BCUT2D eigenvalue weighted by Crippen LogP contribution is 2.49. The van der Waals surface area contributed by atoms with Gasteiger partial charge in [0, 0.05) is 37.0 Å². The predicted molar refractivity (Wildman–Crippen MR) is 109 cm³/mol. The molecule has 1 aliphatic carbocycles. The largest absolute Gasteiger partial charge is 0.455 e. The van der Waals surface area contributed by atoms with Crippen molar-refractivity contribution in [2.45, 2.75) is 63.4 Å². The van der Waals surface area contributed by atoms with Crippen molar-refractivity contribution in [1.29, 1.82) is 0 Å². The normalized spacial score (nSPS) is 30.6. The van der Waals surface area contributed by atoms with Gasteiger partial charge in [0.2, 0.25) is 0 Å². The van der Waals surface area contributed by atoms with Crippen LogP contribution in [0.5, 0.6) is 0 Å². The van der Waals surface area contributed by atoms with Gasteiger partial charge in [-0.3, -0.25) is 0 Å². The molecular weight excluding hydrogens is 386 g/mol. The number of epoxide rings is 1. The molecule has 1 aromatic heterocycles. The summed E-state index contributed by atoms with van der Waals surface area (Å²) in [5.41, 5.74) is 1.31. The number of hydrogen-bond donors (Lipinski definition) is 1. The molecule has 0 aromatic carbocycles. The summed E-state index contributed by atoms with van der Waals surface area (Å²) in [5.74, 6) is -0.373. The smallest absolute Gasteiger partial charge is 0.407 e. The second kappa shape index (κ2) is 8.63. The summed E-state index contributed by atoms with van der Waals surface area (Å²) in [4.78, 5) is 28.0. The van der Waals surface area contributed by atoms with Crippen molar-refractivity contribution < 1.29 is 23.8 Å². The molecule has 2 saturated heterocycles. The van der Waals surface area contributed by atoms with E-state index in [0.29, 0.717) is 12.1 Å². The monoisotopic (exact) mass is 415 g/mol. The van der Waals surface area contributed by atoms with Crippen LogP contribution in [0.4, 0.5) is 4.79 Å². The SMILES string of the molecule is C=C1C(=O)O[C@H]2[C@H]1CCC(COC(=O)NCCCn1ccnc1)=CCC[C@@]1(C)O[C@@H]21. The van der Waals surface area contributed by atoms with Gasteiger partial charge in [0.25, 0.3) is 0 Å². The summed E-state index contributed by atoms with van der Waals surface area (Å²) >= 11 is 0. The maximum Gasteiger partial charge on any atom is 0.407 e. The molecule has 3 aliphatic rings. The first-order valence-electron chi connectivity index (χ1n) is 10.6. The zero-order valence-electron chi connectivity index (χ0n) is 17.3. The lowest BCUT2D eigenvalue weighted by molar-refractivity contribution is -0.140. The van der Waals surface area contributed by atoms with Gasteiger partial charge >= 0.3 is 12.1 Å². The van der Waals surface area contributed by atoms with E-state index in [-0.39, 0.29) is 36.3 Å². The number of hydrogen-bond acceptors (Lipinski definition) is 6. The fraction of sp³-hybridized carbons (Fsp3) is 0.591. The van der Waals surface area contributed by atoms with Crippen LogP contribution in [0.3, 0.4) is 0 Å². The maximum atomic E-state index is 12.0. The van der Waals surface area contributed by atoms with Gasteiger partial charge in [0.05, 0.1) is 11.9 Å². The third-order valence-electron chi connectivity index (χ3n) is 6.25. The standard InChI is InChI=1S/C22H29N3O5/c1-15-17-7-6-16(5-3-8-22(2)19(30-22)18(17)29-20(15)26)13-28-21(27)24-9-4-11-25-12-10-23-14-25/h5,10,12,14,17-19H,1,3-4,6-9,11,13H2,2H3,(H,24,27)/t17-,18-,19-,22+/m0/s1. The third-order valence-corrected chi connectivity index (χ3v) is 6.25. The van der Waals surface area contributed by atoms with Crippen molar-refractivity contribution in [1.82, 2.24) is 14.9 Å². The molecule has 2 aliphatic heterocycles. The van der Waals surface area contributed by atoms with E-state index in [1.165, 1.54) is 0 Å². The van der Waals surface area contributed by atoms with Crippen molar-refractivity contribution >= 4 is 12.1 Å². The summed E-state index contributed by atoms with van der Waals surface area (Å²) in [6.45, 7) is 7.57. The van der Waals surface area contributed by atoms with E-state index in [4.69, 9.17) is 14.2 Å². The number of aromatic nitrogens is 2. The molecule has 1 N–H and O–H groups in total. The van der Waals surface area contributed by atoms with Crippen molar-refractivity contribution in [3.63, 3.8) is 0 Å². The summed E-state index contributed by atoms with van der Waals surface area (Å²) in [6, 6.07) is 0. The van der Waals surface area contributed by atoms with Gasteiger partial charge in [-0.2, -0.15) is 0 Å². The lowest BCUT2D eigenvalue weighted by Crippen LogP contribution is -2.29. The molecule has 1 amide bonds. The van der Waals surface area contributed by atoms with Crippen LogP contribution in [-0.2, 0) is 25.5 Å². The number of rotatable bonds is 6.